The van der Waals surface area contributed by atoms with Crippen LogP contribution in [0.2, 0.25) is 0 Å². The third-order valence-corrected chi connectivity index (χ3v) is 6.94. The SMILES string of the molecule is CC1CCC2(CC1)OC[C@@H]([C@H](O)[C@@H](O)[C@@H]1COC3(CCC(C)CC3)O1)O2. The van der Waals surface area contributed by atoms with Gasteiger partial charge in [0, 0.05) is 25.7 Å². The fourth-order valence-electron chi connectivity index (χ4n) is 4.86. The molecule has 2 aliphatic carbocycles. The highest BCUT2D eigenvalue weighted by atomic mass is 16.8. The molecule has 4 aliphatic rings. The molecule has 26 heavy (non-hydrogen) atoms. The zero-order valence-corrected chi connectivity index (χ0v) is 16.1. The summed E-state index contributed by atoms with van der Waals surface area (Å²) in [5, 5.41) is 21.4. The average molecular weight is 370 g/mol. The van der Waals surface area contributed by atoms with E-state index in [2.05, 4.69) is 13.8 Å². The molecule has 0 aromatic carbocycles. The molecule has 0 unspecified atom stereocenters. The molecule has 2 heterocycles. The minimum Gasteiger partial charge on any atom is -0.387 e. The number of hydrogen-bond acceptors (Lipinski definition) is 6. The average Bonchev–Trinajstić information content (AvgIpc) is 3.25. The zero-order chi connectivity index (χ0) is 18.4. The molecular formula is C20H34O6. The van der Waals surface area contributed by atoms with Crippen molar-refractivity contribution in [1.29, 1.82) is 0 Å². The van der Waals surface area contributed by atoms with Crippen molar-refractivity contribution < 1.29 is 29.2 Å². The van der Waals surface area contributed by atoms with Gasteiger partial charge in [0.2, 0.25) is 0 Å². The van der Waals surface area contributed by atoms with Gasteiger partial charge in [-0.15, -0.1) is 0 Å². The summed E-state index contributed by atoms with van der Waals surface area (Å²) in [6.45, 7) is 5.14. The van der Waals surface area contributed by atoms with Crippen molar-refractivity contribution in [3.05, 3.63) is 0 Å². The summed E-state index contributed by atoms with van der Waals surface area (Å²) >= 11 is 0. The Hall–Kier alpha value is -0.240. The summed E-state index contributed by atoms with van der Waals surface area (Å²) in [6.07, 6.45) is 4.66. The summed E-state index contributed by atoms with van der Waals surface area (Å²) in [5.41, 5.74) is 0. The maximum absolute atomic E-state index is 10.7. The second-order valence-corrected chi connectivity index (χ2v) is 9.10. The van der Waals surface area contributed by atoms with Crippen LogP contribution in [0.5, 0.6) is 0 Å². The molecule has 0 bridgehead atoms. The molecule has 4 rings (SSSR count). The third kappa shape index (κ3) is 3.69. The Kier molecular flexibility index (Phi) is 5.36. The van der Waals surface area contributed by atoms with Gasteiger partial charge in [-0.3, -0.25) is 0 Å². The third-order valence-electron chi connectivity index (χ3n) is 6.94. The van der Waals surface area contributed by atoms with Gasteiger partial charge in [0.1, 0.15) is 24.4 Å². The summed E-state index contributed by atoms with van der Waals surface area (Å²) < 4.78 is 24.1. The van der Waals surface area contributed by atoms with Gasteiger partial charge in [0.05, 0.1) is 13.2 Å². The van der Waals surface area contributed by atoms with Crippen LogP contribution in [0.1, 0.15) is 65.2 Å². The molecule has 0 radical (unpaired) electrons. The normalized spacial score (nSPS) is 48.9. The number of hydrogen-bond donors (Lipinski definition) is 2. The van der Waals surface area contributed by atoms with Crippen molar-refractivity contribution in [3.63, 3.8) is 0 Å². The van der Waals surface area contributed by atoms with Gasteiger partial charge >= 0.3 is 0 Å². The lowest BCUT2D eigenvalue weighted by molar-refractivity contribution is -0.220. The van der Waals surface area contributed by atoms with Gasteiger partial charge in [-0.05, 0) is 37.5 Å². The smallest absolute Gasteiger partial charge is 0.169 e. The van der Waals surface area contributed by atoms with E-state index in [4.69, 9.17) is 18.9 Å². The van der Waals surface area contributed by atoms with Gasteiger partial charge in [-0.1, -0.05) is 13.8 Å². The largest absolute Gasteiger partial charge is 0.387 e. The monoisotopic (exact) mass is 370 g/mol. The molecule has 2 saturated heterocycles. The van der Waals surface area contributed by atoms with Crippen LogP contribution in [-0.4, -0.2) is 59.4 Å². The van der Waals surface area contributed by atoms with Crippen LogP contribution >= 0.6 is 0 Å². The quantitative estimate of drug-likeness (QED) is 0.794. The van der Waals surface area contributed by atoms with Crippen LogP contribution in [0.3, 0.4) is 0 Å². The van der Waals surface area contributed by atoms with Crippen molar-refractivity contribution in [2.75, 3.05) is 13.2 Å². The summed E-state index contributed by atoms with van der Waals surface area (Å²) in [4.78, 5) is 0. The van der Waals surface area contributed by atoms with E-state index >= 15 is 0 Å². The summed E-state index contributed by atoms with van der Waals surface area (Å²) in [5.74, 6) is 0.263. The molecular weight excluding hydrogens is 336 g/mol. The van der Waals surface area contributed by atoms with Crippen LogP contribution in [0.25, 0.3) is 0 Å². The first-order chi connectivity index (χ1) is 12.4. The highest BCUT2D eigenvalue weighted by Crippen LogP contribution is 2.43. The lowest BCUT2D eigenvalue weighted by Crippen LogP contribution is -2.48. The molecule has 4 fully saturated rings. The molecule has 2 spiro atoms. The van der Waals surface area contributed by atoms with E-state index in [9.17, 15) is 10.2 Å². The van der Waals surface area contributed by atoms with Crippen LogP contribution in [0.15, 0.2) is 0 Å². The number of aliphatic hydroxyl groups excluding tert-OH is 2. The van der Waals surface area contributed by atoms with Gasteiger partial charge < -0.3 is 29.2 Å². The molecule has 6 heteroatoms. The minimum absolute atomic E-state index is 0.322. The van der Waals surface area contributed by atoms with Crippen molar-refractivity contribution in [2.24, 2.45) is 11.8 Å². The van der Waals surface area contributed by atoms with Crippen molar-refractivity contribution >= 4 is 0 Å². The molecule has 2 aliphatic heterocycles. The first-order valence-electron chi connectivity index (χ1n) is 10.4. The Bertz CT molecular complexity index is 437. The van der Waals surface area contributed by atoms with E-state index in [1.165, 1.54) is 0 Å². The maximum atomic E-state index is 10.7. The van der Waals surface area contributed by atoms with E-state index < -0.39 is 36.0 Å². The first kappa shape index (κ1) is 19.1. The van der Waals surface area contributed by atoms with Crippen molar-refractivity contribution in [3.8, 4) is 0 Å². The standard InChI is InChI=1S/C20H34O6/c1-13-3-7-19(8-4-13)23-11-15(25-19)17(21)18(22)16-12-24-20(26-16)9-5-14(2)6-10-20/h13-18,21-22H,3-12H2,1-2H3/t13?,14?,15-,16-,17-,18-,19?,20?/m0/s1. The fourth-order valence-corrected chi connectivity index (χ4v) is 4.86. The number of rotatable bonds is 3. The summed E-state index contributed by atoms with van der Waals surface area (Å²) in [6, 6.07) is 0. The molecule has 0 aromatic heterocycles. The topological polar surface area (TPSA) is 77.4 Å². The van der Waals surface area contributed by atoms with Crippen LogP contribution in [0, 0.1) is 11.8 Å². The molecule has 0 amide bonds. The van der Waals surface area contributed by atoms with E-state index in [-0.39, 0.29) is 0 Å². The fraction of sp³-hybridized carbons (Fsp3) is 1.00. The van der Waals surface area contributed by atoms with Crippen LogP contribution in [-0.2, 0) is 18.9 Å². The molecule has 4 atom stereocenters. The lowest BCUT2D eigenvalue weighted by Gasteiger charge is -2.36. The number of aliphatic hydroxyl groups is 2. The van der Waals surface area contributed by atoms with Gasteiger partial charge in [0.25, 0.3) is 0 Å². The van der Waals surface area contributed by atoms with Crippen LogP contribution in [0.4, 0.5) is 0 Å². The Morgan fingerprint density at radius 3 is 1.38 bits per heavy atom. The highest BCUT2D eigenvalue weighted by Gasteiger charge is 2.51. The maximum Gasteiger partial charge on any atom is 0.169 e. The predicted molar refractivity (Wildman–Crippen MR) is 94.4 cm³/mol. The molecule has 150 valence electrons. The molecule has 2 N–H and O–H groups in total. The number of ether oxygens (including phenoxy) is 4. The van der Waals surface area contributed by atoms with E-state index in [0.717, 1.165) is 51.4 Å². The van der Waals surface area contributed by atoms with Gasteiger partial charge in [0.15, 0.2) is 11.6 Å². The Labute approximate surface area is 156 Å². The second-order valence-electron chi connectivity index (χ2n) is 9.10. The molecule has 2 saturated carbocycles. The van der Waals surface area contributed by atoms with E-state index in [0.29, 0.717) is 25.0 Å². The Balaban J connectivity index is 1.32. The van der Waals surface area contributed by atoms with Crippen molar-refractivity contribution in [1.82, 2.24) is 0 Å². The Morgan fingerprint density at radius 2 is 1.04 bits per heavy atom. The summed E-state index contributed by atoms with van der Waals surface area (Å²) in [7, 11) is 0. The highest BCUT2D eigenvalue weighted by molar-refractivity contribution is 4.93. The second kappa shape index (κ2) is 7.30. The van der Waals surface area contributed by atoms with E-state index in [1.807, 2.05) is 0 Å². The zero-order valence-electron chi connectivity index (χ0n) is 16.1. The minimum atomic E-state index is -1.03. The van der Waals surface area contributed by atoms with Crippen LogP contribution < -0.4 is 0 Å². The Morgan fingerprint density at radius 1 is 0.692 bits per heavy atom. The molecule has 6 nitrogen and oxygen atoms in total. The van der Waals surface area contributed by atoms with Gasteiger partial charge in [-0.25, -0.2) is 0 Å². The molecule has 0 aromatic rings. The van der Waals surface area contributed by atoms with Gasteiger partial charge in [-0.2, -0.15) is 0 Å². The first-order valence-corrected chi connectivity index (χ1v) is 10.4. The van der Waals surface area contributed by atoms with E-state index in [1.54, 1.807) is 0 Å². The lowest BCUT2D eigenvalue weighted by atomic mass is 9.86. The van der Waals surface area contributed by atoms with Crippen molar-refractivity contribution in [2.45, 2.75) is 101 Å². The predicted octanol–water partition coefficient (Wildman–Crippen LogP) is 2.35.